The molecule has 0 heterocycles. The van der Waals surface area contributed by atoms with Crippen LogP contribution in [-0.4, -0.2) is 5.78 Å². The highest BCUT2D eigenvalue weighted by atomic mass is 79.9. The van der Waals surface area contributed by atoms with Gasteiger partial charge in [0.05, 0.1) is 10.6 Å². The maximum atomic E-state index is 13.7. The summed E-state index contributed by atoms with van der Waals surface area (Å²) < 4.78 is 27.6. The van der Waals surface area contributed by atoms with Crippen molar-refractivity contribution in [1.82, 2.24) is 0 Å². The van der Waals surface area contributed by atoms with Gasteiger partial charge in [-0.2, -0.15) is 0 Å². The Bertz CT molecular complexity index is 623. The molecule has 1 nitrogen and oxygen atoms in total. The van der Waals surface area contributed by atoms with Crippen LogP contribution in [-0.2, 0) is 6.42 Å². The molecule has 0 atom stereocenters. The van der Waals surface area contributed by atoms with Crippen LogP contribution < -0.4 is 0 Å². The van der Waals surface area contributed by atoms with E-state index in [9.17, 15) is 13.6 Å². The minimum atomic E-state index is -0.648. The van der Waals surface area contributed by atoms with Crippen LogP contribution in [0.5, 0.6) is 0 Å². The first kappa shape index (κ1) is 14.2. The first-order valence-corrected chi connectivity index (χ1v) is 6.58. The second-order valence-electron chi connectivity index (χ2n) is 3.91. The molecule has 0 aliphatic rings. The molecule has 0 unspecified atom stereocenters. The van der Waals surface area contributed by atoms with Gasteiger partial charge in [0.25, 0.3) is 0 Å². The van der Waals surface area contributed by atoms with Gasteiger partial charge in [-0.3, -0.25) is 4.79 Å². The van der Waals surface area contributed by atoms with Crippen molar-refractivity contribution < 1.29 is 13.6 Å². The Kier molecular flexibility index (Phi) is 4.32. The number of carbonyl (C=O) groups is 1. The van der Waals surface area contributed by atoms with Crippen molar-refractivity contribution in [1.29, 1.82) is 0 Å². The van der Waals surface area contributed by atoms with Gasteiger partial charge in [0.15, 0.2) is 5.78 Å². The summed E-state index contributed by atoms with van der Waals surface area (Å²) in [6.45, 7) is 0. The number of rotatable bonds is 3. The molecular formula is C14H8BrClF2O. The fraction of sp³-hybridized carbons (Fsp3) is 0.0714. The van der Waals surface area contributed by atoms with E-state index in [1.165, 1.54) is 24.3 Å². The van der Waals surface area contributed by atoms with E-state index in [2.05, 4.69) is 15.9 Å². The van der Waals surface area contributed by atoms with Crippen molar-refractivity contribution in [3.05, 3.63) is 68.7 Å². The highest BCUT2D eigenvalue weighted by molar-refractivity contribution is 9.10. The van der Waals surface area contributed by atoms with E-state index in [1.807, 2.05) is 0 Å². The van der Waals surface area contributed by atoms with Crippen LogP contribution in [0, 0.1) is 11.6 Å². The lowest BCUT2D eigenvalue weighted by molar-refractivity contribution is 0.0987. The predicted molar refractivity (Wildman–Crippen MR) is 73.5 cm³/mol. The van der Waals surface area contributed by atoms with Crippen molar-refractivity contribution >= 4 is 33.3 Å². The molecule has 0 spiro atoms. The molecule has 0 aliphatic heterocycles. The van der Waals surface area contributed by atoms with Crippen molar-refractivity contribution in [3.8, 4) is 0 Å². The maximum absolute atomic E-state index is 13.7. The number of halogens is 4. The van der Waals surface area contributed by atoms with Gasteiger partial charge >= 0.3 is 0 Å². The van der Waals surface area contributed by atoms with Crippen LogP contribution >= 0.6 is 27.5 Å². The van der Waals surface area contributed by atoms with Crippen LogP contribution in [0.1, 0.15) is 15.9 Å². The zero-order valence-electron chi connectivity index (χ0n) is 9.59. The van der Waals surface area contributed by atoms with Gasteiger partial charge in [-0.15, -0.1) is 0 Å². The van der Waals surface area contributed by atoms with Crippen LogP contribution in [0.25, 0.3) is 0 Å². The van der Waals surface area contributed by atoms with Crippen LogP contribution in [0.15, 0.2) is 40.9 Å². The van der Waals surface area contributed by atoms with Crippen LogP contribution in [0.4, 0.5) is 8.78 Å². The first-order valence-electron chi connectivity index (χ1n) is 5.41. The molecule has 5 heteroatoms. The van der Waals surface area contributed by atoms with Gasteiger partial charge < -0.3 is 0 Å². The summed E-state index contributed by atoms with van der Waals surface area (Å²) in [4.78, 5) is 12.0. The third-order valence-electron chi connectivity index (χ3n) is 2.62. The number of carbonyl (C=O) groups excluding carboxylic acids is 1. The summed E-state index contributed by atoms with van der Waals surface area (Å²) in [5, 5.41) is -0.0575. The molecule has 2 rings (SSSR count). The van der Waals surface area contributed by atoms with Gasteiger partial charge in [-0.25, -0.2) is 8.78 Å². The summed E-state index contributed by atoms with van der Waals surface area (Å²) in [5.41, 5.74) is 0.0644. The Morgan fingerprint density at radius 3 is 2.53 bits per heavy atom. The molecule has 0 N–H and O–H groups in total. The van der Waals surface area contributed by atoms with Crippen LogP contribution in [0.3, 0.4) is 0 Å². The summed E-state index contributed by atoms with van der Waals surface area (Å²) >= 11 is 8.75. The van der Waals surface area contributed by atoms with Crippen LogP contribution in [0.2, 0.25) is 5.02 Å². The van der Waals surface area contributed by atoms with Gasteiger partial charge in [-0.05, 0) is 39.7 Å². The van der Waals surface area contributed by atoms with E-state index in [0.717, 1.165) is 0 Å². The lowest BCUT2D eigenvalue weighted by Gasteiger charge is -2.07. The maximum Gasteiger partial charge on any atom is 0.171 e. The molecular weight excluding hydrogens is 338 g/mol. The average Bonchev–Trinajstić information content (AvgIpc) is 2.35. The SMILES string of the molecule is O=C(Cc1cccc(Cl)c1F)c1c(F)cccc1Br. The van der Waals surface area contributed by atoms with E-state index in [0.29, 0.717) is 4.47 Å². The van der Waals surface area contributed by atoms with E-state index < -0.39 is 17.4 Å². The number of Topliss-reactive ketones (excluding diaryl/α,β-unsaturated/α-hetero) is 1. The fourth-order valence-electron chi connectivity index (χ4n) is 1.71. The van der Waals surface area contributed by atoms with Crippen molar-refractivity contribution in [3.63, 3.8) is 0 Å². The molecule has 0 amide bonds. The van der Waals surface area contributed by atoms with E-state index >= 15 is 0 Å². The second-order valence-corrected chi connectivity index (χ2v) is 5.17. The minimum Gasteiger partial charge on any atom is -0.294 e. The quantitative estimate of drug-likeness (QED) is 0.730. The summed E-state index contributed by atoms with van der Waals surface area (Å²) in [5.74, 6) is -1.79. The topological polar surface area (TPSA) is 17.1 Å². The first-order chi connectivity index (χ1) is 9.00. The standard InChI is InChI=1S/C14H8BrClF2O/c15-9-4-2-6-11(17)13(9)12(19)7-8-3-1-5-10(16)14(8)18/h1-6H,7H2. The fourth-order valence-corrected chi connectivity index (χ4v) is 2.47. The highest BCUT2D eigenvalue weighted by Gasteiger charge is 2.18. The van der Waals surface area contributed by atoms with Gasteiger partial charge in [0.1, 0.15) is 11.6 Å². The molecule has 0 saturated carbocycles. The Morgan fingerprint density at radius 1 is 1.16 bits per heavy atom. The third kappa shape index (κ3) is 3.01. The monoisotopic (exact) mass is 344 g/mol. The van der Waals surface area contributed by atoms with Gasteiger partial charge in [0.2, 0.25) is 0 Å². The third-order valence-corrected chi connectivity index (χ3v) is 3.58. The van der Waals surface area contributed by atoms with E-state index in [4.69, 9.17) is 11.6 Å². The van der Waals surface area contributed by atoms with Crippen molar-refractivity contribution in [2.24, 2.45) is 0 Å². The Hall–Kier alpha value is -1.26. The zero-order valence-corrected chi connectivity index (χ0v) is 11.9. The van der Waals surface area contributed by atoms with Gasteiger partial charge in [-0.1, -0.05) is 29.8 Å². The molecule has 2 aromatic carbocycles. The summed E-state index contributed by atoms with van der Waals surface area (Å²) in [6.07, 6.45) is -0.244. The molecule has 0 aliphatic carbocycles. The average molecular weight is 346 g/mol. The molecule has 0 bridgehead atoms. The molecule has 98 valence electrons. The molecule has 2 aromatic rings. The number of hydrogen-bond acceptors (Lipinski definition) is 1. The Morgan fingerprint density at radius 2 is 1.84 bits per heavy atom. The lowest BCUT2D eigenvalue weighted by atomic mass is 10.0. The second kappa shape index (κ2) is 5.80. The van der Waals surface area contributed by atoms with Crippen molar-refractivity contribution in [2.45, 2.75) is 6.42 Å². The van der Waals surface area contributed by atoms with E-state index in [1.54, 1.807) is 12.1 Å². The predicted octanol–water partition coefficient (Wildman–Crippen LogP) is 4.81. The molecule has 0 saturated heterocycles. The summed E-state index contributed by atoms with van der Waals surface area (Å²) in [7, 11) is 0. The minimum absolute atomic E-state index is 0.0575. The number of ketones is 1. The number of benzene rings is 2. The Balaban J connectivity index is 2.34. The van der Waals surface area contributed by atoms with E-state index in [-0.39, 0.29) is 22.6 Å². The molecule has 0 fully saturated rings. The van der Waals surface area contributed by atoms with Crippen molar-refractivity contribution in [2.75, 3.05) is 0 Å². The highest BCUT2D eigenvalue weighted by Crippen LogP contribution is 2.24. The molecule has 19 heavy (non-hydrogen) atoms. The summed E-state index contributed by atoms with van der Waals surface area (Å²) in [6, 6.07) is 8.62. The smallest absolute Gasteiger partial charge is 0.171 e. The Labute approximate surface area is 122 Å². The normalized spacial score (nSPS) is 10.5. The number of hydrogen-bond donors (Lipinski definition) is 0. The van der Waals surface area contributed by atoms with Gasteiger partial charge in [0, 0.05) is 10.9 Å². The zero-order chi connectivity index (χ0) is 14.0. The molecule has 0 aromatic heterocycles. The largest absolute Gasteiger partial charge is 0.294 e. The lowest BCUT2D eigenvalue weighted by Crippen LogP contribution is -2.08. The molecule has 0 radical (unpaired) electrons.